The highest BCUT2D eigenvalue weighted by Gasteiger charge is 2.33. The van der Waals surface area contributed by atoms with Crippen LogP contribution in [0.15, 0.2) is 54.9 Å². The molecule has 0 fully saturated rings. The summed E-state index contributed by atoms with van der Waals surface area (Å²) in [7, 11) is 1.63. The number of methoxy groups -OCH3 is 1. The van der Waals surface area contributed by atoms with Crippen molar-refractivity contribution in [2.45, 2.75) is 12.3 Å². The van der Waals surface area contributed by atoms with Crippen molar-refractivity contribution in [1.82, 2.24) is 20.2 Å². The number of H-pyrrole nitrogens is 1. The Morgan fingerprint density at radius 3 is 2.89 bits per heavy atom. The molecule has 1 aliphatic heterocycles. The number of para-hydroxylation sites is 1. The molecule has 1 aromatic carbocycles. The molecule has 7 heteroatoms. The molecule has 1 unspecified atom stereocenters. The van der Waals surface area contributed by atoms with Gasteiger partial charge in [0.1, 0.15) is 11.3 Å². The van der Waals surface area contributed by atoms with Crippen LogP contribution >= 0.6 is 0 Å². The molecule has 28 heavy (non-hydrogen) atoms. The van der Waals surface area contributed by atoms with Gasteiger partial charge in [-0.2, -0.15) is 5.10 Å². The number of carbonyl (C=O) groups is 1. The number of benzene rings is 1. The maximum Gasteiger partial charge on any atom is 0.226 e. The molecule has 2 N–H and O–H groups in total. The summed E-state index contributed by atoms with van der Waals surface area (Å²) in [6, 6.07) is 13.6. The number of nitrogens with one attached hydrogen (secondary N) is 2. The minimum absolute atomic E-state index is 0.0799. The molecule has 0 aliphatic carbocycles. The first kappa shape index (κ1) is 16.4. The molecule has 0 saturated heterocycles. The molecule has 1 aliphatic rings. The van der Waals surface area contributed by atoms with E-state index in [1.165, 1.54) is 0 Å². The average molecular weight is 371 g/mol. The number of carbonyl (C=O) groups excluding carboxylic acids is 1. The van der Waals surface area contributed by atoms with Crippen molar-refractivity contribution in [3.05, 3.63) is 66.1 Å². The highest BCUT2D eigenvalue weighted by molar-refractivity contribution is 5.96. The number of aromatic amines is 1. The Morgan fingerprint density at radius 2 is 2.07 bits per heavy atom. The summed E-state index contributed by atoms with van der Waals surface area (Å²) in [6.45, 7) is 0. The molecule has 0 spiro atoms. The lowest BCUT2D eigenvalue weighted by Crippen LogP contribution is -2.24. The number of ether oxygens (including phenoxy) is 1. The van der Waals surface area contributed by atoms with Gasteiger partial charge >= 0.3 is 0 Å². The van der Waals surface area contributed by atoms with E-state index in [0.717, 1.165) is 33.4 Å². The Bertz CT molecular complexity index is 1190. The monoisotopic (exact) mass is 371 g/mol. The van der Waals surface area contributed by atoms with Crippen molar-refractivity contribution in [3.63, 3.8) is 0 Å². The Kier molecular flexibility index (Phi) is 3.79. The van der Waals surface area contributed by atoms with Gasteiger partial charge in [0.25, 0.3) is 0 Å². The summed E-state index contributed by atoms with van der Waals surface area (Å²) in [5, 5.41) is 11.2. The fourth-order valence-corrected chi connectivity index (χ4v) is 3.73. The average Bonchev–Trinajstić information content (AvgIpc) is 3.16. The van der Waals surface area contributed by atoms with E-state index in [4.69, 9.17) is 9.72 Å². The predicted octanol–water partition coefficient (Wildman–Crippen LogP) is 3.50. The number of pyridine rings is 2. The second-order valence-corrected chi connectivity index (χ2v) is 6.68. The van der Waals surface area contributed by atoms with Crippen molar-refractivity contribution in [3.8, 4) is 17.0 Å². The zero-order valence-electron chi connectivity index (χ0n) is 15.1. The Labute approximate surface area is 160 Å². The van der Waals surface area contributed by atoms with Gasteiger partial charge in [-0.15, -0.1) is 0 Å². The van der Waals surface area contributed by atoms with Crippen LogP contribution in [0, 0.1) is 0 Å². The van der Waals surface area contributed by atoms with Gasteiger partial charge in [-0.3, -0.25) is 14.9 Å². The number of hydrogen-bond acceptors (Lipinski definition) is 5. The molecule has 5 rings (SSSR count). The standard InChI is InChI=1S/C21H17N5O2/c1-28-16-6-2-4-12-7-8-15(23-19(12)16)14-10-17(27)24-21-18(14)20(25-26-21)13-5-3-9-22-11-13/h2-9,11,14H,10H2,1H3,(H2,24,25,26,27). The number of aromatic nitrogens is 4. The molecular formula is C21H17N5O2. The second-order valence-electron chi connectivity index (χ2n) is 6.68. The van der Waals surface area contributed by atoms with Gasteiger partial charge in [-0.05, 0) is 24.3 Å². The SMILES string of the molecule is COc1cccc2ccc(C3CC(=O)Nc4n[nH]c(-c5cccnc5)c43)nc12. The topological polar surface area (TPSA) is 92.8 Å². The zero-order chi connectivity index (χ0) is 19.1. The molecule has 4 heterocycles. The van der Waals surface area contributed by atoms with E-state index in [-0.39, 0.29) is 11.8 Å². The van der Waals surface area contributed by atoms with Crippen molar-refractivity contribution >= 4 is 22.6 Å². The zero-order valence-corrected chi connectivity index (χ0v) is 15.1. The molecule has 0 radical (unpaired) electrons. The summed E-state index contributed by atoms with van der Waals surface area (Å²) in [5.74, 6) is 0.956. The van der Waals surface area contributed by atoms with Gasteiger partial charge in [0.2, 0.25) is 5.91 Å². The number of fused-ring (bicyclic) bond motifs is 2. The van der Waals surface area contributed by atoms with Crippen LogP contribution in [-0.4, -0.2) is 33.2 Å². The van der Waals surface area contributed by atoms with E-state index in [9.17, 15) is 4.79 Å². The van der Waals surface area contributed by atoms with E-state index in [1.54, 1.807) is 19.5 Å². The lowest BCUT2D eigenvalue weighted by Gasteiger charge is -2.23. The van der Waals surface area contributed by atoms with E-state index in [0.29, 0.717) is 18.0 Å². The van der Waals surface area contributed by atoms with Gasteiger partial charge < -0.3 is 10.1 Å². The predicted molar refractivity (Wildman–Crippen MR) is 105 cm³/mol. The fourth-order valence-electron chi connectivity index (χ4n) is 3.73. The van der Waals surface area contributed by atoms with Crippen LogP contribution in [-0.2, 0) is 4.79 Å². The van der Waals surface area contributed by atoms with Gasteiger partial charge in [0.15, 0.2) is 5.82 Å². The lowest BCUT2D eigenvalue weighted by molar-refractivity contribution is -0.116. The smallest absolute Gasteiger partial charge is 0.226 e. The molecular weight excluding hydrogens is 354 g/mol. The van der Waals surface area contributed by atoms with Crippen LogP contribution in [0.5, 0.6) is 5.75 Å². The quantitative estimate of drug-likeness (QED) is 0.575. The molecule has 4 aromatic rings. The highest BCUT2D eigenvalue weighted by atomic mass is 16.5. The van der Waals surface area contributed by atoms with Crippen molar-refractivity contribution < 1.29 is 9.53 Å². The number of anilines is 1. The normalized spacial score (nSPS) is 15.9. The summed E-state index contributed by atoms with van der Waals surface area (Å²) < 4.78 is 5.47. The number of hydrogen-bond donors (Lipinski definition) is 2. The highest BCUT2D eigenvalue weighted by Crippen LogP contribution is 2.41. The molecule has 138 valence electrons. The maximum absolute atomic E-state index is 12.3. The van der Waals surface area contributed by atoms with Crippen LogP contribution in [0.1, 0.15) is 23.6 Å². The van der Waals surface area contributed by atoms with Gasteiger partial charge in [0, 0.05) is 46.9 Å². The first-order valence-electron chi connectivity index (χ1n) is 8.97. The van der Waals surface area contributed by atoms with Crippen LogP contribution in [0.25, 0.3) is 22.2 Å². The van der Waals surface area contributed by atoms with Crippen molar-refractivity contribution in [2.24, 2.45) is 0 Å². The molecule has 1 atom stereocenters. The summed E-state index contributed by atoms with van der Waals surface area (Å²) in [4.78, 5) is 21.4. The van der Waals surface area contributed by atoms with E-state index >= 15 is 0 Å². The molecule has 1 amide bonds. The maximum atomic E-state index is 12.3. The third-order valence-electron chi connectivity index (χ3n) is 5.03. The van der Waals surface area contributed by atoms with Gasteiger partial charge in [0.05, 0.1) is 12.8 Å². The number of nitrogens with zero attached hydrogens (tertiary/aromatic N) is 3. The minimum atomic E-state index is -0.216. The third kappa shape index (κ3) is 2.60. The Balaban J connectivity index is 1.69. The number of amides is 1. The lowest BCUT2D eigenvalue weighted by atomic mass is 9.87. The second kappa shape index (κ2) is 6.45. The Morgan fingerprint density at radius 1 is 1.14 bits per heavy atom. The van der Waals surface area contributed by atoms with E-state index in [1.807, 2.05) is 42.5 Å². The van der Waals surface area contributed by atoms with Gasteiger partial charge in [-0.25, -0.2) is 4.98 Å². The molecule has 0 bridgehead atoms. The van der Waals surface area contributed by atoms with E-state index < -0.39 is 0 Å². The van der Waals surface area contributed by atoms with Crippen LogP contribution in [0.4, 0.5) is 5.82 Å². The molecule has 3 aromatic heterocycles. The first-order valence-corrected chi connectivity index (χ1v) is 8.97. The Hall–Kier alpha value is -3.74. The molecule has 0 saturated carbocycles. The largest absolute Gasteiger partial charge is 0.494 e. The van der Waals surface area contributed by atoms with Crippen LogP contribution < -0.4 is 10.1 Å². The summed E-state index contributed by atoms with van der Waals surface area (Å²) >= 11 is 0. The fraction of sp³-hybridized carbons (Fsp3) is 0.143. The first-order chi connectivity index (χ1) is 13.7. The third-order valence-corrected chi connectivity index (χ3v) is 5.03. The summed E-state index contributed by atoms with van der Waals surface area (Å²) in [5.41, 5.74) is 4.27. The van der Waals surface area contributed by atoms with Gasteiger partial charge in [-0.1, -0.05) is 18.2 Å². The minimum Gasteiger partial charge on any atom is -0.494 e. The number of rotatable bonds is 3. The van der Waals surface area contributed by atoms with Crippen LogP contribution in [0.2, 0.25) is 0 Å². The van der Waals surface area contributed by atoms with Crippen molar-refractivity contribution in [1.29, 1.82) is 0 Å². The summed E-state index contributed by atoms with van der Waals surface area (Å²) in [6.07, 6.45) is 3.80. The van der Waals surface area contributed by atoms with Crippen LogP contribution in [0.3, 0.4) is 0 Å². The van der Waals surface area contributed by atoms with Crippen molar-refractivity contribution in [2.75, 3.05) is 12.4 Å². The van der Waals surface area contributed by atoms with E-state index in [2.05, 4.69) is 20.5 Å². The molecule has 7 nitrogen and oxygen atoms in total.